The standard InChI is InChI=1S/C15H22FN5O2S/c1-19(10-14(22)21-4-2-18-15(21)23)8-12-6-11(16)7-20(12)9-13-17-3-5-24-13/h3,5,11-12H,2,4,6-10H2,1H3,(H,18,23)/t11-,12-/m0/s1. The molecule has 0 saturated carbocycles. The smallest absolute Gasteiger partial charge is 0.324 e. The largest absolute Gasteiger partial charge is 0.336 e. The van der Waals surface area contributed by atoms with E-state index in [0.717, 1.165) is 5.01 Å². The Bertz CT molecular complexity index is 584. The predicted octanol–water partition coefficient (Wildman–Crippen LogP) is 0.539. The lowest BCUT2D eigenvalue weighted by atomic mass is 10.2. The number of carbonyl (C=O) groups is 2. The fraction of sp³-hybridized carbons (Fsp3) is 0.667. The van der Waals surface area contributed by atoms with Crippen LogP contribution in [0.4, 0.5) is 9.18 Å². The summed E-state index contributed by atoms with van der Waals surface area (Å²) in [5, 5.41) is 5.51. The van der Waals surface area contributed by atoms with E-state index >= 15 is 0 Å². The third-order valence-corrected chi connectivity index (χ3v) is 5.15. The lowest BCUT2D eigenvalue weighted by Gasteiger charge is -2.28. The number of alkyl halides is 1. The first-order valence-corrected chi connectivity index (χ1v) is 8.94. The van der Waals surface area contributed by atoms with Crippen molar-refractivity contribution in [2.75, 3.05) is 39.8 Å². The fourth-order valence-electron chi connectivity index (χ4n) is 3.26. The molecule has 132 valence electrons. The van der Waals surface area contributed by atoms with Gasteiger partial charge in [0.2, 0.25) is 5.91 Å². The molecule has 2 atom stereocenters. The summed E-state index contributed by atoms with van der Waals surface area (Å²) in [4.78, 5) is 33.1. The van der Waals surface area contributed by atoms with Crippen LogP contribution in [0.3, 0.4) is 0 Å². The lowest BCUT2D eigenvalue weighted by Crippen LogP contribution is -2.44. The number of hydrogen-bond donors (Lipinski definition) is 1. The van der Waals surface area contributed by atoms with E-state index in [1.807, 2.05) is 17.3 Å². The summed E-state index contributed by atoms with van der Waals surface area (Å²) in [5.74, 6) is -0.214. The lowest BCUT2D eigenvalue weighted by molar-refractivity contribution is -0.128. The van der Waals surface area contributed by atoms with Crippen LogP contribution in [-0.2, 0) is 11.3 Å². The molecule has 0 aromatic carbocycles. The zero-order valence-electron chi connectivity index (χ0n) is 13.7. The number of nitrogens with zero attached hydrogens (tertiary/aromatic N) is 4. The van der Waals surface area contributed by atoms with Crippen molar-refractivity contribution in [3.63, 3.8) is 0 Å². The Kier molecular flexibility index (Phi) is 5.42. The van der Waals surface area contributed by atoms with Crippen molar-refractivity contribution >= 4 is 23.3 Å². The summed E-state index contributed by atoms with van der Waals surface area (Å²) < 4.78 is 13.9. The zero-order chi connectivity index (χ0) is 17.1. The Hall–Kier alpha value is -1.58. The second kappa shape index (κ2) is 7.54. The maximum Gasteiger partial charge on any atom is 0.324 e. The molecular weight excluding hydrogens is 333 g/mol. The summed E-state index contributed by atoms with van der Waals surface area (Å²) in [6, 6.07) is -0.280. The van der Waals surface area contributed by atoms with Gasteiger partial charge in [-0.2, -0.15) is 0 Å². The summed E-state index contributed by atoms with van der Waals surface area (Å²) in [5.41, 5.74) is 0. The van der Waals surface area contributed by atoms with Crippen molar-refractivity contribution in [3.05, 3.63) is 16.6 Å². The quantitative estimate of drug-likeness (QED) is 0.807. The van der Waals surface area contributed by atoms with E-state index in [0.29, 0.717) is 39.1 Å². The highest BCUT2D eigenvalue weighted by Crippen LogP contribution is 2.24. The molecule has 2 saturated heterocycles. The number of likely N-dealkylation sites (tertiary alicyclic amines) is 1. The Labute approximate surface area is 144 Å². The number of imide groups is 1. The normalized spacial score (nSPS) is 24.8. The Morgan fingerprint density at radius 2 is 2.42 bits per heavy atom. The number of urea groups is 1. The van der Waals surface area contributed by atoms with Gasteiger partial charge in [-0.1, -0.05) is 0 Å². The minimum atomic E-state index is -0.844. The molecule has 0 unspecified atom stereocenters. The van der Waals surface area contributed by atoms with E-state index in [1.54, 1.807) is 17.5 Å². The highest BCUT2D eigenvalue weighted by molar-refractivity contribution is 7.09. The number of likely N-dealkylation sites (N-methyl/N-ethyl adjacent to an activating group) is 1. The van der Waals surface area contributed by atoms with Crippen LogP contribution < -0.4 is 5.32 Å². The molecule has 1 N–H and O–H groups in total. The first-order valence-electron chi connectivity index (χ1n) is 8.06. The van der Waals surface area contributed by atoms with Crippen LogP contribution in [0.2, 0.25) is 0 Å². The van der Waals surface area contributed by atoms with Crippen LogP contribution in [-0.4, -0.2) is 83.6 Å². The van der Waals surface area contributed by atoms with Gasteiger partial charge in [0.25, 0.3) is 0 Å². The molecule has 1 aromatic heterocycles. The second-order valence-corrected chi connectivity index (χ2v) is 7.30. The molecule has 9 heteroatoms. The predicted molar refractivity (Wildman–Crippen MR) is 88.4 cm³/mol. The molecule has 1 aromatic rings. The average molecular weight is 355 g/mol. The van der Waals surface area contributed by atoms with Crippen LogP contribution in [0.1, 0.15) is 11.4 Å². The van der Waals surface area contributed by atoms with E-state index in [1.165, 1.54) is 4.90 Å². The van der Waals surface area contributed by atoms with Crippen molar-refractivity contribution < 1.29 is 14.0 Å². The monoisotopic (exact) mass is 355 g/mol. The van der Waals surface area contributed by atoms with Gasteiger partial charge in [0.15, 0.2) is 0 Å². The van der Waals surface area contributed by atoms with E-state index < -0.39 is 6.17 Å². The summed E-state index contributed by atoms with van der Waals surface area (Å²) in [6.07, 6.45) is 1.38. The fourth-order valence-corrected chi connectivity index (χ4v) is 3.90. The number of nitrogens with one attached hydrogen (secondary N) is 1. The third-order valence-electron chi connectivity index (χ3n) is 4.38. The van der Waals surface area contributed by atoms with Gasteiger partial charge in [0, 0.05) is 43.8 Å². The van der Waals surface area contributed by atoms with Crippen molar-refractivity contribution in [3.8, 4) is 0 Å². The molecule has 7 nitrogen and oxygen atoms in total. The number of halogens is 1. The van der Waals surface area contributed by atoms with Gasteiger partial charge in [-0.15, -0.1) is 11.3 Å². The molecule has 2 fully saturated rings. The molecule has 0 spiro atoms. The van der Waals surface area contributed by atoms with Crippen LogP contribution in [0.5, 0.6) is 0 Å². The first-order chi connectivity index (χ1) is 11.5. The molecule has 2 aliphatic rings. The van der Waals surface area contributed by atoms with E-state index in [9.17, 15) is 14.0 Å². The number of aromatic nitrogens is 1. The Morgan fingerprint density at radius 3 is 3.08 bits per heavy atom. The highest BCUT2D eigenvalue weighted by atomic mass is 32.1. The van der Waals surface area contributed by atoms with Gasteiger partial charge in [-0.3, -0.25) is 19.5 Å². The number of thiazole rings is 1. The SMILES string of the molecule is CN(CC(=O)N1CCNC1=O)C[C@@H]1C[C@H](F)CN1Cc1nccs1. The molecule has 2 aliphatic heterocycles. The third kappa shape index (κ3) is 4.08. The van der Waals surface area contributed by atoms with Gasteiger partial charge in [-0.25, -0.2) is 14.2 Å². The zero-order valence-corrected chi connectivity index (χ0v) is 14.5. The van der Waals surface area contributed by atoms with Crippen molar-refractivity contribution in [1.82, 2.24) is 25.0 Å². The summed E-state index contributed by atoms with van der Waals surface area (Å²) in [7, 11) is 1.83. The van der Waals surface area contributed by atoms with Crippen molar-refractivity contribution in [1.29, 1.82) is 0 Å². The van der Waals surface area contributed by atoms with Crippen molar-refractivity contribution in [2.45, 2.75) is 25.2 Å². The van der Waals surface area contributed by atoms with Gasteiger partial charge in [0.1, 0.15) is 11.2 Å². The van der Waals surface area contributed by atoms with Gasteiger partial charge in [-0.05, 0) is 13.5 Å². The van der Waals surface area contributed by atoms with Crippen LogP contribution in [0, 0.1) is 0 Å². The second-order valence-electron chi connectivity index (χ2n) is 6.32. The topological polar surface area (TPSA) is 68.8 Å². The van der Waals surface area contributed by atoms with E-state index in [2.05, 4.69) is 15.2 Å². The molecule has 0 radical (unpaired) electrons. The number of hydrogen-bond acceptors (Lipinski definition) is 6. The molecule has 24 heavy (non-hydrogen) atoms. The first kappa shape index (κ1) is 17.2. The van der Waals surface area contributed by atoms with Crippen LogP contribution >= 0.6 is 11.3 Å². The average Bonchev–Trinajstić information content (AvgIpc) is 3.22. The summed E-state index contributed by atoms with van der Waals surface area (Å²) >= 11 is 1.57. The maximum absolute atomic E-state index is 13.9. The van der Waals surface area contributed by atoms with Crippen LogP contribution in [0.15, 0.2) is 11.6 Å². The molecule has 0 aliphatic carbocycles. The van der Waals surface area contributed by atoms with E-state index in [4.69, 9.17) is 0 Å². The number of amides is 3. The van der Waals surface area contributed by atoms with E-state index in [-0.39, 0.29) is 24.5 Å². The number of rotatable bonds is 6. The molecule has 3 rings (SSSR count). The van der Waals surface area contributed by atoms with Crippen LogP contribution in [0.25, 0.3) is 0 Å². The van der Waals surface area contributed by atoms with Gasteiger partial charge >= 0.3 is 6.03 Å². The molecule has 0 bridgehead atoms. The minimum absolute atomic E-state index is 0.0501. The molecular formula is C15H22FN5O2S. The van der Waals surface area contributed by atoms with Crippen molar-refractivity contribution in [2.24, 2.45) is 0 Å². The Morgan fingerprint density at radius 1 is 1.58 bits per heavy atom. The molecule has 3 amide bonds. The minimum Gasteiger partial charge on any atom is -0.336 e. The van der Waals surface area contributed by atoms with Gasteiger partial charge < -0.3 is 5.32 Å². The number of carbonyl (C=O) groups excluding carboxylic acids is 2. The van der Waals surface area contributed by atoms with Gasteiger partial charge in [0.05, 0.1) is 13.1 Å². The summed E-state index contributed by atoms with van der Waals surface area (Å²) in [6.45, 7) is 2.71. The molecule has 3 heterocycles. The highest BCUT2D eigenvalue weighted by Gasteiger charge is 2.34. The maximum atomic E-state index is 13.9. The Balaban J connectivity index is 1.53.